The first-order valence-electron chi connectivity index (χ1n) is 10.4. The first kappa shape index (κ1) is 25.4. The molecule has 0 bridgehead atoms. The molecule has 0 atom stereocenters. The van der Waals surface area contributed by atoms with Crippen LogP contribution in [-0.4, -0.2) is 32.1 Å². The molecule has 0 amide bonds. The van der Waals surface area contributed by atoms with Gasteiger partial charge in [-0.3, -0.25) is 18.7 Å². The molecule has 2 rings (SSSR count). The van der Waals surface area contributed by atoms with Crippen LogP contribution < -0.4 is 17.0 Å². The Labute approximate surface area is 191 Å². The van der Waals surface area contributed by atoms with Gasteiger partial charge in [-0.15, -0.1) is 0 Å². The van der Waals surface area contributed by atoms with Gasteiger partial charge in [0.25, 0.3) is 5.56 Å². The minimum atomic E-state index is -1.00. The van der Waals surface area contributed by atoms with E-state index >= 15 is 0 Å². The van der Waals surface area contributed by atoms with Gasteiger partial charge >= 0.3 is 11.7 Å². The lowest BCUT2D eigenvalue weighted by Crippen LogP contribution is -2.42. The fraction of sp³-hybridized carbons (Fsp3) is 0.435. The van der Waals surface area contributed by atoms with Gasteiger partial charge < -0.3 is 15.0 Å². The van der Waals surface area contributed by atoms with E-state index in [2.05, 4.69) is 18.4 Å². The highest BCUT2D eigenvalue weighted by atomic mass is 16.5. The smallest absolute Gasteiger partial charge is 0.349 e. The number of carbonyl (C=O) groups is 2. The highest BCUT2D eigenvalue weighted by Crippen LogP contribution is 2.20. The molecule has 33 heavy (non-hydrogen) atoms. The molecule has 2 heterocycles. The molecule has 176 valence electrons. The van der Waals surface area contributed by atoms with Crippen LogP contribution in [0.2, 0.25) is 0 Å². The highest BCUT2D eigenvalue weighted by molar-refractivity contribution is 6.03. The Balaban J connectivity index is 2.24. The summed E-state index contributed by atoms with van der Waals surface area (Å²) < 4.78 is 8.79. The number of rotatable bonds is 8. The third-order valence-electron chi connectivity index (χ3n) is 5.51. The lowest BCUT2D eigenvalue weighted by molar-refractivity contribution is -0.137. The minimum Gasteiger partial charge on any atom is -0.453 e. The first-order valence-corrected chi connectivity index (χ1v) is 10.4. The molecule has 0 aliphatic heterocycles. The number of nitrogen functional groups attached to an aromatic ring is 1. The SMILES string of the molecule is Cc1cc(/C=C(\C#N)C(=O)OCC(=O)c2c(N)n(C)c(=O)n(C)c2=O)c(C)n1CCC(C)C. The third kappa shape index (κ3) is 5.31. The van der Waals surface area contributed by atoms with Crippen LogP contribution in [-0.2, 0) is 30.2 Å². The summed E-state index contributed by atoms with van der Waals surface area (Å²) in [7, 11) is 2.52. The molecule has 0 radical (unpaired) electrons. The number of esters is 1. The minimum absolute atomic E-state index is 0.284. The number of anilines is 1. The summed E-state index contributed by atoms with van der Waals surface area (Å²) in [5.74, 6) is -1.67. The van der Waals surface area contributed by atoms with Gasteiger partial charge in [0.05, 0.1) is 0 Å². The van der Waals surface area contributed by atoms with Gasteiger partial charge in [-0.1, -0.05) is 13.8 Å². The average molecular weight is 456 g/mol. The Morgan fingerprint density at radius 2 is 1.85 bits per heavy atom. The van der Waals surface area contributed by atoms with Crippen molar-refractivity contribution in [3.8, 4) is 6.07 Å². The molecular formula is C23H29N5O5. The van der Waals surface area contributed by atoms with E-state index in [1.54, 1.807) is 6.07 Å². The van der Waals surface area contributed by atoms with Crippen LogP contribution in [0.4, 0.5) is 5.82 Å². The monoisotopic (exact) mass is 455 g/mol. The van der Waals surface area contributed by atoms with Crippen LogP contribution in [0.1, 0.15) is 47.6 Å². The molecule has 2 aromatic heterocycles. The van der Waals surface area contributed by atoms with Crippen LogP contribution in [0.25, 0.3) is 6.08 Å². The number of hydrogen-bond acceptors (Lipinski definition) is 7. The van der Waals surface area contributed by atoms with Crippen LogP contribution in [0, 0.1) is 31.1 Å². The van der Waals surface area contributed by atoms with E-state index in [0.717, 1.165) is 33.5 Å². The Kier molecular flexibility index (Phi) is 7.82. The van der Waals surface area contributed by atoms with Gasteiger partial charge in [0.15, 0.2) is 6.61 Å². The normalized spacial score (nSPS) is 11.5. The molecule has 0 aliphatic rings. The Bertz CT molecular complexity index is 1280. The molecule has 0 saturated heterocycles. The zero-order valence-electron chi connectivity index (χ0n) is 19.8. The molecule has 2 aromatic rings. The second-order valence-corrected chi connectivity index (χ2v) is 8.30. The molecule has 0 aliphatic carbocycles. The molecular weight excluding hydrogens is 426 g/mol. The zero-order chi connectivity index (χ0) is 25.0. The largest absolute Gasteiger partial charge is 0.453 e. The Morgan fingerprint density at radius 3 is 2.42 bits per heavy atom. The highest BCUT2D eigenvalue weighted by Gasteiger charge is 2.22. The molecule has 0 spiro atoms. The number of carbonyl (C=O) groups excluding carboxylic acids is 2. The van der Waals surface area contributed by atoms with Crippen molar-refractivity contribution in [2.24, 2.45) is 20.0 Å². The quantitative estimate of drug-likeness (QED) is 0.275. The molecule has 0 fully saturated rings. The van der Waals surface area contributed by atoms with Gasteiger partial charge in [-0.25, -0.2) is 9.59 Å². The molecule has 10 nitrogen and oxygen atoms in total. The van der Waals surface area contributed by atoms with Gasteiger partial charge in [0.2, 0.25) is 5.78 Å². The van der Waals surface area contributed by atoms with Crippen molar-refractivity contribution < 1.29 is 14.3 Å². The number of aromatic nitrogens is 3. The predicted octanol–water partition coefficient (Wildman–Crippen LogP) is 1.46. The summed E-state index contributed by atoms with van der Waals surface area (Å²) in [5, 5.41) is 9.45. The lowest BCUT2D eigenvalue weighted by Gasteiger charge is -2.11. The lowest BCUT2D eigenvalue weighted by atomic mass is 10.1. The number of nitriles is 1. The van der Waals surface area contributed by atoms with E-state index in [0.29, 0.717) is 11.5 Å². The van der Waals surface area contributed by atoms with Gasteiger partial charge in [-0.2, -0.15) is 5.26 Å². The van der Waals surface area contributed by atoms with Crippen LogP contribution >= 0.6 is 0 Å². The summed E-state index contributed by atoms with van der Waals surface area (Å²) >= 11 is 0. The number of ether oxygens (including phenoxy) is 1. The summed E-state index contributed by atoms with van der Waals surface area (Å²) in [6.45, 7) is 8.15. The third-order valence-corrected chi connectivity index (χ3v) is 5.51. The van der Waals surface area contributed by atoms with Crippen LogP contribution in [0.5, 0.6) is 0 Å². The molecule has 0 saturated carbocycles. The predicted molar refractivity (Wildman–Crippen MR) is 124 cm³/mol. The fourth-order valence-corrected chi connectivity index (χ4v) is 3.40. The summed E-state index contributed by atoms with van der Waals surface area (Å²) in [6, 6.07) is 3.67. The van der Waals surface area contributed by atoms with Gasteiger partial charge in [0.1, 0.15) is 23.0 Å². The van der Waals surface area contributed by atoms with Gasteiger partial charge in [0, 0.05) is 32.0 Å². The van der Waals surface area contributed by atoms with Crippen molar-refractivity contribution in [1.29, 1.82) is 5.26 Å². The number of Topliss-reactive ketones (excluding diaryl/α,β-unsaturated/α-hetero) is 1. The number of ketones is 1. The van der Waals surface area contributed by atoms with Crippen LogP contribution in [0.3, 0.4) is 0 Å². The summed E-state index contributed by atoms with van der Waals surface area (Å²) in [6.07, 6.45) is 2.41. The number of nitrogens with zero attached hydrogens (tertiary/aromatic N) is 4. The number of aryl methyl sites for hydroxylation is 1. The fourth-order valence-electron chi connectivity index (χ4n) is 3.40. The molecule has 2 N–H and O–H groups in total. The summed E-state index contributed by atoms with van der Waals surface area (Å²) in [4.78, 5) is 49.1. The van der Waals surface area contributed by atoms with E-state index < -0.39 is 35.2 Å². The van der Waals surface area contributed by atoms with E-state index in [9.17, 15) is 24.4 Å². The maximum atomic E-state index is 12.5. The van der Waals surface area contributed by atoms with Crippen molar-refractivity contribution in [2.75, 3.05) is 12.3 Å². The Hall–Kier alpha value is -3.87. The Morgan fingerprint density at radius 1 is 1.21 bits per heavy atom. The topological polar surface area (TPSA) is 142 Å². The van der Waals surface area contributed by atoms with Crippen molar-refractivity contribution in [2.45, 2.75) is 40.7 Å². The van der Waals surface area contributed by atoms with Crippen molar-refractivity contribution in [3.63, 3.8) is 0 Å². The first-order chi connectivity index (χ1) is 15.4. The van der Waals surface area contributed by atoms with Crippen molar-refractivity contribution in [3.05, 3.63) is 55.0 Å². The maximum Gasteiger partial charge on any atom is 0.349 e. The summed E-state index contributed by atoms with van der Waals surface area (Å²) in [5.41, 5.74) is 6.04. The molecule has 10 heteroatoms. The van der Waals surface area contributed by atoms with E-state index in [4.69, 9.17) is 10.5 Å². The average Bonchev–Trinajstić information content (AvgIpc) is 3.03. The second-order valence-electron chi connectivity index (χ2n) is 8.30. The molecule has 0 aromatic carbocycles. The molecule has 0 unspecified atom stereocenters. The standard InChI is InChI=1S/C23H29N5O5/c1-13(2)7-8-28-14(3)9-16(15(28)4)10-17(11-24)22(31)33-12-18(29)19-20(25)26(5)23(32)27(6)21(19)30/h9-10,13H,7-8,12,25H2,1-6H3/b17-10+. The number of nitrogens with two attached hydrogens (primary N) is 1. The van der Waals surface area contributed by atoms with Gasteiger partial charge in [-0.05, 0) is 43.9 Å². The van der Waals surface area contributed by atoms with E-state index in [1.807, 2.05) is 19.9 Å². The number of hydrogen-bond donors (Lipinski definition) is 1. The van der Waals surface area contributed by atoms with Crippen LogP contribution in [0.15, 0.2) is 21.2 Å². The maximum absolute atomic E-state index is 12.5. The van der Waals surface area contributed by atoms with E-state index in [1.165, 1.54) is 20.2 Å². The second kappa shape index (κ2) is 10.2. The van der Waals surface area contributed by atoms with Crippen molar-refractivity contribution >= 4 is 23.6 Å². The van der Waals surface area contributed by atoms with E-state index in [-0.39, 0.29) is 11.4 Å². The zero-order valence-corrected chi connectivity index (χ0v) is 19.8. The van der Waals surface area contributed by atoms with Crippen molar-refractivity contribution in [1.82, 2.24) is 13.7 Å².